The van der Waals surface area contributed by atoms with Crippen molar-refractivity contribution in [2.45, 2.75) is 38.3 Å². The van der Waals surface area contributed by atoms with Gasteiger partial charge in [-0.3, -0.25) is 14.5 Å². The maximum absolute atomic E-state index is 12.9. The van der Waals surface area contributed by atoms with Gasteiger partial charge in [-0.25, -0.2) is 0 Å². The Labute approximate surface area is 172 Å². The molecule has 0 radical (unpaired) electrons. The second-order valence-electron chi connectivity index (χ2n) is 8.38. The maximum Gasteiger partial charge on any atom is 0.303 e. The van der Waals surface area contributed by atoms with Crippen molar-refractivity contribution in [2.24, 2.45) is 5.92 Å². The van der Waals surface area contributed by atoms with Gasteiger partial charge in [-0.2, -0.15) is 0 Å². The molecule has 29 heavy (non-hydrogen) atoms. The summed E-state index contributed by atoms with van der Waals surface area (Å²) in [4.78, 5) is 30.8. The number of carbonyl (C=O) groups excluding carboxylic acids is 1. The lowest BCUT2D eigenvalue weighted by atomic mass is 9.86. The Morgan fingerprint density at radius 1 is 1.03 bits per heavy atom. The number of likely N-dealkylation sites (N-methyl/N-ethyl adjacent to an activating group) is 1. The number of hydrogen-bond acceptors (Lipinski definition) is 5. The predicted octanol–water partition coefficient (Wildman–Crippen LogP) is 1.05. The van der Waals surface area contributed by atoms with E-state index in [1.165, 1.54) is 0 Å². The summed E-state index contributed by atoms with van der Waals surface area (Å²) in [6.07, 6.45) is 2.01. The smallest absolute Gasteiger partial charge is 0.303 e. The van der Waals surface area contributed by atoms with Gasteiger partial charge in [0.2, 0.25) is 5.91 Å². The van der Waals surface area contributed by atoms with E-state index in [4.69, 9.17) is 10.2 Å². The van der Waals surface area contributed by atoms with Gasteiger partial charge in [0.05, 0.1) is 13.0 Å². The van der Waals surface area contributed by atoms with Crippen LogP contribution in [0.3, 0.4) is 0 Å². The molecular weight excluding hydrogens is 370 g/mol. The Hall–Kier alpha value is -1.96. The first kappa shape index (κ1) is 21.7. The molecular formula is C22H33N3O4. The van der Waals surface area contributed by atoms with E-state index in [2.05, 4.69) is 16.8 Å². The number of nitrogens with zero attached hydrogens (tertiary/aromatic N) is 3. The molecule has 3 rings (SSSR count). The first-order chi connectivity index (χ1) is 14.0. The number of likely N-dealkylation sites (tertiary alicyclic amines) is 1. The molecule has 2 aliphatic heterocycles. The molecule has 1 aromatic rings. The summed E-state index contributed by atoms with van der Waals surface area (Å²) < 4.78 is 0. The minimum Gasteiger partial charge on any atom is -0.481 e. The monoisotopic (exact) mass is 403 g/mol. The number of amides is 1. The Bertz CT molecular complexity index is 686. The fourth-order valence-electron chi connectivity index (χ4n) is 4.52. The van der Waals surface area contributed by atoms with Crippen LogP contribution in [0.5, 0.6) is 0 Å². The van der Waals surface area contributed by atoms with Crippen LogP contribution >= 0.6 is 0 Å². The zero-order valence-corrected chi connectivity index (χ0v) is 17.3. The molecule has 2 aliphatic rings. The van der Waals surface area contributed by atoms with E-state index in [1.807, 2.05) is 29.2 Å². The maximum atomic E-state index is 12.9. The summed E-state index contributed by atoms with van der Waals surface area (Å²) in [5.41, 5.74) is 1.78. The zero-order chi connectivity index (χ0) is 20.8. The molecule has 0 bridgehead atoms. The van der Waals surface area contributed by atoms with E-state index < -0.39 is 5.97 Å². The second-order valence-corrected chi connectivity index (χ2v) is 8.38. The lowest BCUT2D eigenvalue weighted by molar-refractivity contribution is -0.137. The SMILES string of the molecule is CN1CCN([C@@H]2CCN(C(=O)Cc3ccc(CO)cc3)C[C@@H]2CCC(=O)O)CC1. The summed E-state index contributed by atoms with van der Waals surface area (Å²) in [5.74, 6) is -0.475. The quantitative estimate of drug-likeness (QED) is 0.708. The van der Waals surface area contributed by atoms with Gasteiger partial charge < -0.3 is 20.0 Å². The van der Waals surface area contributed by atoms with Crippen LogP contribution in [-0.4, -0.2) is 89.1 Å². The standard InChI is InChI=1S/C22H33N3O4/c1-23-10-12-24(13-11-23)20-8-9-25(15-19(20)6-7-22(28)29)21(27)14-17-2-4-18(16-26)5-3-17/h2-5,19-20,26H,6-16H2,1H3,(H,28,29)/t19-,20+/m0/s1. The summed E-state index contributed by atoms with van der Waals surface area (Å²) in [7, 11) is 2.13. The number of carbonyl (C=O) groups is 2. The van der Waals surface area contributed by atoms with Crippen molar-refractivity contribution in [1.29, 1.82) is 0 Å². The Morgan fingerprint density at radius 2 is 1.69 bits per heavy atom. The third-order valence-electron chi connectivity index (χ3n) is 6.34. The largest absolute Gasteiger partial charge is 0.481 e. The summed E-state index contributed by atoms with van der Waals surface area (Å²) in [6.45, 7) is 5.46. The van der Waals surface area contributed by atoms with Crippen LogP contribution in [0.2, 0.25) is 0 Å². The lowest BCUT2D eigenvalue weighted by Crippen LogP contribution is -2.57. The van der Waals surface area contributed by atoms with Crippen LogP contribution in [0.15, 0.2) is 24.3 Å². The first-order valence-corrected chi connectivity index (χ1v) is 10.6. The van der Waals surface area contributed by atoms with E-state index in [-0.39, 0.29) is 24.9 Å². The number of carboxylic acid groups (broad SMARTS) is 1. The Kier molecular flexibility index (Phi) is 7.64. The zero-order valence-electron chi connectivity index (χ0n) is 17.3. The molecule has 0 saturated carbocycles. The molecule has 0 spiro atoms. The van der Waals surface area contributed by atoms with Crippen LogP contribution in [0.25, 0.3) is 0 Å². The van der Waals surface area contributed by atoms with Crippen molar-refractivity contribution < 1.29 is 19.8 Å². The number of aliphatic carboxylic acids is 1. The number of hydrogen-bond donors (Lipinski definition) is 2. The highest BCUT2D eigenvalue weighted by Gasteiger charge is 2.35. The van der Waals surface area contributed by atoms with Gasteiger partial charge in [0.15, 0.2) is 0 Å². The van der Waals surface area contributed by atoms with Crippen LogP contribution in [0.1, 0.15) is 30.4 Å². The van der Waals surface area contributed by atoms with Crippen molar-refractivity contribution in [3.05, 3.63) is 35.4 Å². The van der Waals surface area contributed by atoms with Gasteiger partial charge in [0, 0.05) is 51.7 Å². The van der Waals surface area contributed by atoms with Crippen LogP contribution in [-0.2, 0) is 22.6 Å². The number of aliphatic hydroxyl groups excluding tert-OH is 1. The number of piperazine rings is 1. The van der Waals surface area contributed by atoms with Crippen LogP contribution in [0, 0.1) is 5.92 Å². The predicted molar refractivity (Wildman–Crippen MR) is 110 cm³/mol. The van der Waals surface area contributed by atoms with E-state index in [1.54, 1.807) is 0 Å². The number of piperidine rings is 1. The van der Waals surface area contributed by atoms with Crippen molar-refractivity contribution in [3.8, 4) is 0 Å². The fraction of sp³-hybridized carbons (Fsp3) is 0.636. The molecule has 2 saturated heterocycles. The van der Waals surface area contributed by atoms with Gasteiger partial charge in [-0.15, -0.1) is 0 Å². The molecule has 0 unspecified atom stereocenters. The molecule has 2 atom stereocenters. The molecule has 0 aliphatic carbocycles. The highest BCUT2D eigenvalue weighted by atomic mass is 16.4. The molecule has 160 valence electrons. The second kappa shape index (κ2) is 10.2. The minimum absolute atomic E-state index is 0.000706. The van der Waals surface area contributed by atoms with Crippen molar-refractivity contribution >= 4 is 11.9 Å². The molecule has 7 nitrogen and oxygen atoms in total. The van der Waals surface area contributed by atoms with Crippen molar-refractivity contribution in [3.63, 3.8) is 0 Å². The van der Waals surface area contributed by atoms with E-state index >= 15 is 0 Å². The number of benzene rings is 1. The first-order valence-electron chi connectivity index (χ1n) is 10.6. The average Bonchev–Trinajstić information content (AvgIpc) is 2.73. The van der Waals surface area contributed by atoms with E-state index in [9.17, 15) is 9.59 Å². The van der Waals surface area contributed by atoms with E-state index in [0.29, 0.717) is 25.4 Å². The molecule has 2 N–H and O–H groups in total. The molecule has 2 heterocycles. The fourth-order valence-corrected chi connectivity index (χ4v) is 4.52. The molecule has 1 aromatic carbocycles. The van der Waals surface area contributed by atoms with Crippen LogP contribution < -0.4 is 0 Å². The van der Waals surface area contributed by atoms with Crippen molar-refractivity contribution in [2.75, 3.05) is 46.3 Å². The Balaban J connectivity index is 1.62. The molecule has 0 aromatic heterocycles. The normalized spacial score (nSPS) is 23.9. The average molecular weight is 404 g/mol. The topological polar surface area (TPSA) is 84.3 Å². The molecule has 2 fully saturated rings. The van der Waals surface area contributed by atoms with Crippen LogP contribution in [0.4, 0.5) is 0 Å². The van der Waals surface area contributed by atoms with Gasteiger partial charge in [-0.1, -0.05) is 24.3 Å². The van der Waals surface area contributed by atoms with Crippen molar-refractivity contribution in [1.82, 2.24) is 14.7 Å². The number of rotatable bonds is 7. The van der Waals surface area contributed by atoms with Gasteiger partial charge in [0.1, 0.15) is 0 Å². The van der Waals surface area contributed by atoms with Gasteiger partial charge in [-0.05, 0) is 36.9 Å². The minimum atomic E-state index is -0.769. The Morgan fingerprint density at radius 3 is 2.31 bits per heavy atom. The molecule has 7 heteroatoms. The summed E-state index contributed by atoms with van der Waals surface area (Å²) >= 11 is 0. The third kappa shape index (κ3) is 6.01. The van der Waals surface area contributed by atoms with E-state index in [0.717, 1.165) is 50.3 Å². The number of aliphatic hydroxyl groups is 1. The summed E-state index contributed by atoms with van der Waals surface area (Å²) in [5, 5.41) is 18.3. The summed E-state index contributed by atoms with van der Waals surface area (Å²) in [6, 6.07) is 7.83. The van der Waals surface area contributed by atoms with Gasteiger partial charge >= 0.3 is 5.97 Å². The highest BCUT2D eigenvalue weighted by molar-refractivity contribution is 5.79. The number of carboxylic acids is 1. The highest BCUT2D eigenvalue weighted by Crippen LogP contribution is 2.27. The molecule has 1 amide bonds. The third-order valence-corrected chi connectivity index (χ3v) is 6.34. The lowest BCUT2D eigenvalue weighted by Gasteiger charge is -2.46. The van der Waals surface area contributed by atoms with Gasteiger partial charge in [0.25, 0.3) is 0 Å².